The van der Waals surface area contributed by atoms with E-state index in [-0.39, 0.29) is 11.5 Å². The van der Waals surface area contributed by atoms with Gasteiger partial charge < -0.3 is 5.73 Å². The Balaban J connectivity index is 1.99. The summed E-state index contributed by atoms with van der Waals surface area (Å²) in [5.41, 5.74) is 6.27. The zero-order chi connectivity index (χ0) is 20.8. The topological polar surface area (TPSA) is 71.6 Å². The van der Waals surface area contributed by atoms with Crippen LogP contribution in [0.15, 0.2) is 58.3 Å². The largest absolute Gasteiger partial charge is 0.369 e. The Hall–Kier alpha value is -2.84. The van der Waals surface area contributed by atoms with Crippen molar-refractivity contribution in [1.82, 2.24) is 9.88 Å². The van der Waals surface area contributed by atoms with Gasteiger partial charge in [0.1, 0.15) is 5.69 Å². The fraction of sp³-hybridized carbons (Fsp3) is 0.150. The van der Waals surface area contributed by atoms with Crippen molar-refractivity contribution in [3.05, 3.63) is 75.2 Å². The van der Waals surface area contributed by atoms with Crippen LogP contribution in [0, 0.1) is 0 Å². The van der Waals surface area contributed by atoms with Crippen molar-refractivity contribution in [3.8, 4) is 11.1 Å². The third kappa shape index (κ3) is 3.18. The number of carbonyl (C=O) groups excluding carboxylic acids is 1. The minimum atomic E-state index is -2.79. The molecule has 148 valence electrons. The molecule has 9 heteroatoms. The molecule has 3 heterocycles. The van der Waals surface area contributed by atoms with Crippen LogP contribution in [0.3, 0.4) is 0 Å². The Morgan fingerprint density at radius 3 is 2.59 bits per heavy atom. The molecular formula is C20H15ClF2N4OS. The van der Waals surface area contributed by atoms with Crippen molar-refractivity contribution in [3.63, 3.8) is 0 Å². The van der Waals surface area contributed by atoms with Gasteiger partial charge in [-0.2, -0.15) is 11.3 Å². The number of aromatic nitrogens is 1. The summed E-state index contributed by atoms with van der Waals surface area (Å²) in [4.78, 5) is 22.6. The maximum atomic E-state index is 13.3. The van der Waals surface area contributed by atoms with E-state index in [1.54, 1.807) is 18.2 Å². The number of benzene rings is 1. The van der Waals surface area contributed by atoms with E-state index < -0.39 is 23.6 Å². The molecule has 2 aromatic heterocycles. The van der Waals surface area contributed by atoms with E-state index >= 15 is 0 Å². The molecule has 1 unspecified atom stereocenters. The molecule has 4 rings (SSSR count). The Labute approximate surface area is 174 Å². The third-order valence-electron chi connectivity index (χ3n) is 4.83. The Kier molecular flexibility index (Phi) is 4.84. The number of thiophene rings is 1. The number of amides is 1. The normalized spacial score (nSPS) is 19.1. The van der Waals surface area contributed by atoms with Crippen molar-refractivity contribution in [1.29, 1.82) is 0 Å². The molecule has 2 N–H and O–H groups in total. The number of guanidine groups is 1. The zero-order valence-electron chi connectivity index (χ0n) is 15.1. The predicted molar refractivity (Wildman–Crippen MR) is 109 cm³/mol. The predicted octanol–water partition coefficient (Wildman–Crippen LogP) is 4.43. The summed E-state index contributed by atoms with van der Waals surface area (Å²) in [5, 5.41) is 4.26. The molecule has 0 saturated heterocycles. The maximum Gasteiger partial charge on any atom is 0.280 e. The van der Waals surface area contributed by atoms with E-state index in [1.165, 1.54) is 41.6 Å². The number of rotatable bonds is 4. The minimum Gasteiger partial charge on any atom is -0.369 e. The molecule has 0 saturated carbocycles. The van der Waals surface area contributed by atoms with Crippen LogP contribution in [0.2, 0.25) is 5.02 Å². The average Bonchev–Trinajstić information content (AvgIpc) is 3.32. The van der Waals surface area contributed by atoms with Gasteiger partial charge in [-0.1, -0.05) is 11.6 Å². The van der Waals surface area contributed by atoms with Crippen molar-refractivity contribution in [2.24, 2.45) is 10.7 Å². The van der Waals surface area contributed by atoms with Crippen molar-refractivity contribution in [2.75, 3.05) is 7.05 Å². The highest BCUT2D eigenvalue weighted by atomic mass is 35.5. The molecule has 1 aliphatic rings. The van der Waals surface area contributed by atoms with Crippen LogP contribution in [-0.4, -0.2) is 28.8 Å². The number of pyridine rings is 1. The van der Waals surface area contributed by atoms with E-state index in [0.29, 0.717) is 10.6 Å². The van der Waals surface area contributed by atoms with Crippen molar-refractivity contribution in [2.45, 2.75) is 12.0 Å². The van der Waals surface area contributed by atoms with E-state index in [2.05, 4.69) is 9.98 Å². The fourth-order valence-corrected chi connectivity index (χ4v) is 4.27. The van der Waals surface area contributed by atoms with Crippen LogP contribution >= 0.6 is 22.9 Å². The molecule has 1 amide bonds. The fourth-order valence-electron chi connectivity index (χ4n) is 3.37. The van der Waals surface area contributed by atoms with Gasteiger partial charge in [-0.3, -0.25) is 14.7 Å². The monoisotopic (exact) mass is 432 g/mol. The molecule has 0 spiro atoms. The van der Waals surface area contributed by atoms with Gasteiger partial charge in [-0.05, 0) is 69.4 Å². The second kappa shape index (κ2) is 7.20. The quantitative estimate of drug-likeness (QED) is 0.662. The molecular weight excluding hydrogens is 418 g/mol. The standard InChI is InChI=1S/C20H15ClF2N4OS/c1-27-18(28)20(26-19(27)24,13-2-4-25-16(9-13)17(22)23)14-6-12(7-15(21)8-14)11-3-5-29-10-11/h2-10,17H,1H3,(H2,24,26). The van der Waals surface area contributed by atoms with Gasteiger partial charge in [0, 0.05) is 18.3 Å². The van der Waals surface area contributed by atoms with Gasteiger partial charge >= 0.3 is 0 Å². The van der Waals surface area contributed by atoms with Gasteiger partial charge in [0.15, 0.2) is 11.5 Å². The molecule has 0 radical (unpaired) electrons. The van der Waals surface area contributed by atoms with Crippen LogP contribution in [0.1, 0.15) is 23.2 Å². The Morgan fingerprint density at radius 2 is 1.97 bits per heavy atom. The highest BCUT2D eigenvalue weighted by Crippen LogP contribution is 2.42. The first-order valence-corrected chi connectivity index (χ1v) is 9.86. The van der Waals surface area contributed by atoms with Gasteiger partial charge in [-0.25, -0.2) is 13.8 Å². The lowest BCUT2D eigenvalue weighted by Crippen LogP contribution is -2.41. The summed E-state index contributed by atoms with van der Waals surface area (Å²) in [6.45, 7) is 0. The smallest absolute Gasteiger partial charge is 0.280 e. The summed E-state index contributed by atoms with van der Waals surface area (Å²) >= 11 is 7.89. The van der Waals surface area contributed by atoms with Crippen LogP contribution in [-0.2, 0) is 10.3 Å². The molecule has 0 aliphatic carbocycles. The number of aliphatic imine (C=N–C) groups is 1. The number of hydrogen-bond donors (Lipinski definition) is 1. The third-order valence-corrected chi connectivity index (χ3v) is 5.73. The summed E-state index contributed by atoms with van der Waals surface area (Å²) in [7, 11) is 1.49. The van der Waals surface area contributed by atoms with Gasteiger partial charge in [-0.15, -0.1) is 0 Å². The highest BCUT2D eigenvalue weighted by Gasteiger charge is 2.50. The highest BCUT2D eigenvalue weighted by molar-refractivity contribution is 7.08. The van der Waals surface area contributed by atoms with Crippen LogP contribution in [0.25, 0.3) is 11.1 Å². The van der Waals surface area contributed by atoms with E-state index in [9.17, 15) is 13.6 Å². The molecule has 1 aromatic carbocycles. The second-order valence-electron chi connectivity index (χ2n) is 6.56. The van der Waals surface area contributed by atoms with Gasteiger partial charge in [0.05, 0.1) is 0 Å². The first kappa shape index (κ1) is 19.5. The average molecular weight is 433 g/mol. The van der Waals surface area contributed by atoms with Crippen LogP contribution < -0.4 is 5.73 Å². The lowest BCUT2D eigenvalue weighted by molar-refractivity contribution is -0.129. The first-order valence-electron chi connectivity index (χ1n) is 8.54. The molecule has 1 atom stereocenters. The molecule has 0 bridgehead atoms. The summed E-state index contributed by atoms with van der Waals surface area (Å²) in [5.74, 6) is -0.470. The molecule has 1 aliphatic heterocycles. The molecule has 5 nitrogen and oxygen atoms in total. The Morgan fingerprint density at radius 1 is 1.17 bits per heavy atom. The number of nitrogens with zero attached hydrogens (tertiary/aromatic N) is 3. The zero-order valence-corrected chi connectivity index (χ0v) is 16.7. The summed E-state index contributed by atoms with van der Waals surface area (Å²) < 4.78 is 26.6. The number of likely N-dealkylation sites (N-methyl/N-ethyl adjacent to an activating group) is 1. The lowest BCUT2D eigenvalue weighted by atomic mass is 9.82. The SMILES string of the molecule is CN1C(=O)C(c2cc(Cl)cc(-c3ccsc3)c2)(c2ccnc(C(F)F)c2)N=C1N. The van der Waals surface area contributed by atoms with E-state index in [0.717, 1.165) is 11.1 Å². The number of nitrogens with two attached hydrogens (primary N) is 1. The number of halogens is 3. The van der Waals surface area contributed by atoms with Gasteiger partial charge in [0.2, 0.25) is 0 Å². The number of carbonyl (C=O) groups is 1. The van der Waals surface area contributed by atoms with Crippen LogP contribution in [0.5, 0.6) is 0 Å². The number of alkyl halides is 2. The minimum absolute atomic E-state index is 0.0116. The van der Waals surface area contributed by atoms with E-state index in [4.69, 9.17) is 17.3 Å². The second-order valence-corrected chi connectivity index (χ2v) is 7.77. The number of hydrogen-bond acceptors (Lipinski definition) is 5. The Bertz CT molecular complexity index is 1120. The van der Waals surface area contributed by atoms with Crippen LogP contribution in [0.4, 0.5) is 8.78 Å². The summed E-state index contributed by atoms with van der Waals surface area (Å²) in [6, 6.07) is 9.76. The molecule has 0 fully saturated rings. The van der Waals surface area contributed by atoms with Gasteiger partial charge in [0.25, 0.3) is 12.3 Å². The van der Waals surface area contributed by atoms with Crippen molar-refractivity contribution >= 4 is 34.8 Å². The van der Waals surface area contributed by atoms with E-state index in [1.807, 2.05) is 16.8 Å². The van der Waals surface area contributed by atoms with Crippen molar-refractivity contribution < 1.29 is 13.6 Å². The first-order chi connectivity index (χ1) is 13.8. The summed E-state index contributed by atoms with van der Waals surface area (Å²) in [6.07, 6.45) is -1.55. The lowest BCUT2D eigenvalue weighted by Gasteiger charge is -2.27. The maximum absolute atomic E-state index is 13.3. The molecule has 29 heavy (non-hydrogen) atoms. The molecule has 3 aromatic rings.